The van der Waals surface area contributed by atoms with Crippen LogP contribution >= 0.6 is 0 Å². The molecule has 0 aliphatic rings. The summed E-state index contributed by atoms with van der Waals surface area (Å²) >= 11 is 0. The second-order valence-corrected chi connectivity index (χ2v) is 2.52. The van der Waals surface area contributed by atoms with E-state index in [1.54, 1.807) is 0 Å². The second-order valence-electron chi connectivity index (χ2n) is 2.52. The Morgan fingerprint density at radius 1 is 1.27 bits per heavy atom. The molecule has 0 saturated heterocycles. The molecule has 0 fully saturated rings. The van der Waals surface area contributed by atoms with Crippen molar-refractivity contribution in [2.75, 3.05) is 5.32 Å². The summed E-state index contributed by atoms with van der Waals surface area (Å²) in [7, 11) is 0. The number of ether oxygens (including phenoxy) is 1. The first-order valence-corrected chi connectivity index (χ1v) is 4.40. The zero-order chi connectivity index (χ0) is 11.5. The molecule has 0 unspecified atom stereocenters. The minimum absolute atomic E-state index is 0.0359. The van der Waals surface area contributed by atoms with E-state index in [9.17, 15) is 4.79 Å². The number of anilines is 1. The van der Waals surface area contributed by atoms with Gasteiger partial charge in [-0.15, -0.1) is 0 Å². The normalized spacial score (nSPS) is 7.80. The molecule has 0 heterocycles. The lowest BCUT2D eigenvalue weighted by Gasteiger charge is -1.98. The van der Waals surface area contributed by atoms with Crippen LogP contribution in [0.15, 0.2) is 56.0 Å². The van der Waals surface area contributed by atoms with Crippen LogP contribution in [0.3, 0.4) is 0 Å². The molecule has 1 amide bonds. The zero-order valence-electron chi connectivity index (χ0n) is 8.77. The van der Waals surface area contributed by atoms with Gasteiger partial charge in [0.1, 0.15) is 0 Å². The van der Waals surface area contributed by atoms with Crippen LogP contribution in [0.1, 0.15) is 6.92 Å². The molecule has 15 heavy (non-hydrogen) atoms. The molecule has 1 aromatic rings. The largest absolute Gasteiger partial charge is 0.474 e. The Morgan fingerprint density at radius 3 is 2.13 bits per heavy atom. The van der Waals surface area contributed by atoms with Crippen LogP contribution in [0.2, 0.25) is 0 Å². The van der Waals surface area contributed by atoms with E-state index >= 15 is 0 Å². The second kappa shape index (κ2) is 8.56. The third-order valence-corrected chi connectivity index (χ3v) is 1.29. The van der Waals surface area contributed by atoms with Gasteiger partial charge < -0.3 is 10.1 Å². The quantitative estimate of drug-likeness (QED) is 0.770. The van der Waals surface area contributed by atoms with E-state index < -0.39 is 0 Å². The molecule has 0 aliphatic carbocycles. The number of carbonyl (C=O) groups is 1. The van der Waals surface area contributed by atoms with E-state index in [0.29, 0.717) is 0 Å². The van der Waals surface area contributed by atoms with Gasteiger partial charge in [0.25, 0.3) is 0 Å². The van der Waals surface area contributed by atoms with Crippen LogP contribution in [-0.2, 0) is 9.53 Å². The zero-order valence-corrected chi connectivity index (χ0v) is 8.77. The third-order valence-electron chi connectivity index (χ3n) is 1.29. The Hall–Kier alpha value is -2.03. The molecule has 0 spiro atoms. The van der Waals surface area contributed by atoms with Gasteiger partial charge in [0.15, 0.2) is 0 Å². The van der Waals surface area contributed by atoms with E-state index in [4.69, 9.17) is 0 Å². The van der Waals surface area contributed by atoms with Crippen molar-refractivity contribution in [1.82, 2.24) is 0 Å². The van der Waals surface area contributed by atoms with Crippen molar-refractivity contribution in [2.45, 2.75) is 6.92 Å². The average Bonchev–Trinajstić information content (AvgIpc) is 2.20. The third kappa shape index (κ3) is 8.30. The van der Waals surface area contributed by atoms with Crippen LogP contribution in [0.5, 0.6) is 0 Å². The molecule has 3 heteroatoms. The van der Waals surface area contributed by atoms with E-state index in [1.165, 1.54) is 19.4 Å². The fourth-order valence-corrected chi connectivity index (χ4v) is 0.793. The Kier molecular flexibility index (Phi) is 7.40. The summed E-state index contributed by atoms with van der Waals surface area (Å²) in [5, 5.41) is 2.67. The highest BCUT2D eigenvalue weighted by molar-refractivity contribution is 5.88. The highest BCUT2D eigenvalue weighted by Gasteiger charge is 1.90. The summed E-state index contributed by atoms with van der Waals surface area (Å²) in [6.07, 6.45) is 2.62. The van der Waals surface area contributed by atoms with Gasteiger partial charge in [-0.3, -0.25) is 4.79 Å². The molecule has 0 saturated carbocycles. The Morgan fingerprint density at radius 2 is 1.80 bits per heavy atom. The first kappa shape index (κ1) is 13.0. The van der Waals surface area contributed by atoms with Crippen molar-refractivity contribution in [3.63, 3.8) is 0 Å². The summed E-state index contributed by atoms with van der Waals surface area (Å²) in [6.45, 7) is 8.01. The highest BCUT2D eigenvalue weighted by Crippen LogP contribution is 2.03. The maximum atomic E-state index is 10.5. The predicted molar refractivity (Wildman–Crippen MR) is 62.2 cm³/mol. The highest BCUT2D eigenvalue weighted by atomic mass is 16.5. The lowest BCUT2D eigenvalue weighted by molar-refractivity contribution is -0.114. The Labute approximate surface area is 90.1 Å². The van der Waals surface area contributed by atoms with Gasteiger partial charge in [-0.2, -0.15) is 0 Å². The van der Waals surface area contributed by atoms with E-state index in [2.05, 4.69) is 23.2 Å². The lowest BCUT2D eigenvalue weighted by atomic mass is 10.3. The number of rotatable bonds is 3. The summed E-state index contributed by atoms with van der Waals surface area (Å²) in [5.41, 5.74) is 0.843. The molecule has 0 radical (unpaired) electrons. The maximum absolute atomic E-state index is 10.5. The fraction of sp³-hybridized carbons (Fsp3) is 0.0833. The molecular weight excluding hydrogens is 190 g/mol. The minimum Gasteiger partial charge on any atom is -0.474 e. The van der Waals surface area contributed by atoms with Crippen molar-refractivity contribution < 1.29 is 9.53 Å². The van der Waals surface area contributed by atoms with E-state index in [-0.39, 0.29) is 5.91 Å². The Bertz CT molecular complexity index is 301. The first-order chi connectivity index (χ1) is 7.20. The molecule has 0 bridgehead atoms. The van der Waals surface area contributed by atoms with Crippen LogP contribution in [-0.4, -0.2) is 5.91 Å². The van der Waals surface area contributed by atoms with Gasteiger partial charge in [0.2, 0.25) is 5.91 Å². The smallest absolute Gasteiger partial charge is 0.221 e. The summed E-state index contributed by atoms with van der Waals surface area (Å²) in [5.74, 6) is -0.0359. The van der Waals surface area contributed by atoms with Crippen molar-refractivity contribution in [2.24, 2.45) is 0 Å². The molecule has 0 aliphatic heterocycles. The fourth-order valence-electron chi connectivity index (χ4n) is 0.793. The van der Waals surface area contributed by atoms with Gasteiger partial charge >= 0.3 is 0 Å². The van der Waals surface area contributed by atoms with E-state index in [0.717, 1.165) is 5.69 Å². The number of hydrogen-bond donors (Lipinski definition) is 1. The van der Waals surface area contributed by atoms with Gasteiger partial charge in [0, 0.05) is 12.6 Å². The number of carbonyl (C=O) groups excluding carboxylic acids is 1. The molecule has 80 valence electrons. The predicted octanol–water partition coefficient (Wildman–Crippen LogP) is 2.94. The summed E-state index contributed by atoms with van der Waals surface area (Å²) < 4.78 is 4.36. The van der Waals surface area contributed by atoms with Crippen molar-refractivity contribution >= 4 is 11.6 Å². The standard InChI is InChI=1S/C8H9NO.C4H6O/c1-7(10)9-8-5-3-2-4-6-8;1-3-5-4-2/h2-6H,1H3,(H,9,10);3-4H,1-2H2. The van der Waals surface area contributed by atoms with Gasteiger partial charge in [-0.05, 0) is 12.1 Å². The summed E-state index contributed by atoms with van der Waals surface area (Å²) in [6, 6.07) is 9.37. The number of amides is 1. The lowest BCUT2D eigenvalue weighted by Crippen LogP contribution is -2.04. The Balaban J connectivity index is 0.000000336. The molecule has 1 aromatic carbocycles. The molecule has 1 N–H and O–H groups in total. The molecule has 0 aromatic heterocycles. The number of hydrogen-bond acceptors (Lipinski definition) is 2. The number of para-hydroxylation sites is 1. The molecule has 1 rings (SSSR count). The van der Waals surface area contributed by atoms with Crippen molar-refractivity contribution in [1.29, 1.82) is 0 Å². The maximum Gasteiger partial charge on any atom is 0.221 e. The molecule has 0 atom stereocenters. The van der Waals surface area contributed by atoms with Crippen molar-refractivity contribution in [3.8, 4) is 0 Å². The van der Waals surface area contributed by atoms with Crippen LogP contribution < -0.4 is 5.32 Å². The van der Waals surface area contributed by atoms with E-state index in [1.807, 2.05) is 30.3 Å². The monoisotopic (exact) mass is 205 g/mol. The minimum atomic E-state index is -0.0359. The average molecular weight is 205 g/mol. The van der Waals surface area contributed by atoms with Crippen LogP contribution in [0, 0.1) is 0 Å². The van der Waals surface area contributed by atoms with Crippen LogP contribution in [0.4, 0.5) is 5.69 Å². The molecule has 3 nitrogen and oxygen atoms in total. The van der Waals surface area contributed by atoms with Crippen molar-refractivity contribution in [3.05, 3.63) is 56.0 Å². The van der Waals surface area contributed by atoms with Gasteiger partial charge in [0.05, 0.1) is 12.5 Å². The number of nitrogens with one attached hydrogen (secondary N) is 1. The first-order valence-electron chi connectivity index (χ1n) is 4.40. The number of benzene rings is 1. The topological polar surface area (TPSA) is 38.3 Å². The van der Waals surface area contributed by atoms with Gasteiger partial charge in [-0.1, -0.05) is 31.4 Å². The SMILES string of the molecule is C=COC=C.CC(=O)Nc1ccccc1. The molecular formula is C12H15NO2. The summed E-state index contributed by atoms with van der Waals surface area (Å²) in [4.78, 5) is 10.5. The van der Waals surface area contributed by atoms with Crippen LogP contribution in [0.25, 0.3) is 0 Å². The van der Waals surface area contributed by atoms with Gasteiger partial charge in [-0.25, -0.2) is 0 Å².